The van der Waals surface area contributed by atoms with Crippen molar-refractivity contribution in [1.82, 2.24) is 0 Å². The fourth-order valence-corrected chi connectivity index (χ4v) is 1.05. The molecular formula is C8H7NO. The highest BCUT2D eigenvalue weighted by molar-refractivity contribution is 5.98. The van der Waals surface area contributed by atoms with E-state index in [1.807, 2.05) is 18.2 Å². The third kappa shape index (κ3) is 0.692. The number of hydrogen-bond donors (Lipinski definition) is 1. The van der Waals surface area contributed by atoms with Gasteiger partial charge in [-0.3, -0.25) is 4.79 Å². The molecule has 1 aliphatic heterocycles. The number of rotatable bonds is 0. The van der Waals surface area contributed by atoms with Crippen LogP contribution in [0, 0.1) is 0 Å². The van der Waals surface area contributed by atoms with Crippen LogP contribution in [0.4, 0.5) is 5.69 Å². The Hall–Kier alpha value is -1.31. The first-order valence-electron chi connectivity index (χ1n) is 3.69. The lowest BCUT2D eigenvalue weighted by atomic mass is 10.2. The standard InChI is InChI=1S/C8H7NO/c10-8-5-6-3-1-2-4-7(6)9-8/h1-4H,5H2,(H,9,10)/i5D. The van der Waals surface area contributed by atoms with Gasteiger partial charge in [-0.2, -0.15) is 0 Å². The van der Waals surface area contributed by atoms with Crippen LogP contribution in [0.1, 0.15) is 6.93 Å². The van der Waals surface area contributed by atoms with E-state index in [1.54, 1.807) is 6.07 Å². The molecule has 2 rings (SSSR count). The van der Waals surface area contributed by atoms with Gasteiger partial charge in [-0.05, 0) is 11.6 Å². The summed E-state index contributed by atoms with van der Waals surface area (Å²) in [6.07, 6.45) is -0.730. The van der Waals surface area contributed by atoms with E-state index in [-0.39, 0.29) is 5.91 Å². The molecule has 0 aliphatic carbocycles. The van der Waals surface area contributed by atoms with Gasteiger partial charge in [0.05, 0.1) is 6.40 Å². The molecule has 1 aliphatic rings. The summed E-state index contributed by atoms with van der Waals surface area (Å²) >= 11 is 0. The van der Waals surface area contributed by atoms with Crippen LogP contribution in [0.5, 0.6) is 0 Å². The Kier molecular flexibility index (Phi) is 0.826. The SMILES string of the molecule is [2H]C1C(=O)Nc2ccccc21. The van der Waals surface area contributed by atoms with E-state index in [0.717, 1.165) is 11.3 Å². The van der Waals surface area contributed by atoms with Crippen LogP contribution >= 0.6 is 0 Å². The first kappa shape index (κ1) is 4.50. The minimum absolute atomic E-state index is 0.230. The molecule has 1 amide bonds. The number of anilines is 1. The maximum Gasteiger partial charge on any atom is 0.228 e. The molecule has 0 radical (unpaired) electrons. The molecule has 0 fully saturated rings. The summed E-state index contributed by atoms with van der Waals surface area (Å²) in [5.41, 5.74) is 1.55. The average molecular weight is 134 g/mol. The highest BCUT2D eigenvalue weighted by atomic mass is 16.1. The van der Waals surface area contributed by atoms with E-state index < -0.39 is 6.40 Å². The van der Waals surface area contributed by atoms with Crippen molar-refractivity contribution in [1.29, 1.82) is 0 Å². The molecule has 1 aromatic rings. The Labute approximate surface area is 60.3 Å². The Balaban J connectivity index is 2.55. The maximum atomic E-state index is 10.9. The van der Waals surface area contributed by atoms with Crippen molar-refractivity contribution in [2.24, 2.45) is 0 Å². The highest BCUT2D eigenvalue weighted by Gasteiger charge is 2.15. The topological polar surface area (TPSA) is 29.1 Å². The summed E-state index contributed by atoms with van der Waals surface area (Å²) in [6, 6.07) is 7.28. The molecule has 0 spiro atoms. The van der Waals surface area contributed by atoms with Gasteiger partial charge in [0, 0.05) is 7.06 Å². The zero-order chi connectivity index (χ0) is 7.84. The van der Waals surface area contributed by atoms with Crippen LogP contribution in [0.25, 0.3) is 0 Å². The van der Waals surface area contributed by atoms with Crippen LogP contribution in [-0.2, 0) is 11.2 Å². The number of nitrogens with one attached hydrogen (secondary N) is 1. The first-order valence-corrected chi connectivity index (χ1v) is 3.11. The second kappa shape index (κ2) is 1.84. The second-order valence-electron chi connectivity index (χ2n) is 2.22. The molecule has 0 aromatic heterocycles. The largest absolute Gasteiger partial charge is 0.326 e. The molecule has 50 valence electrons. The Morgan fingerprint density at radius 3 is 3.10 bits per heavy atom. The Bertz CT molecular complexity index is 311. The molecule has 0 saturated heterocycles. The second-order valence-corrected chi connectivity index (χ2v) is 2.22. The molecule has 1 heterocycles. The van der Waals surface area contributed by atoms with Crippen molar-refractivity contribution in [2.75, 3.05) is 5.32 Å². The maximum absolute atomic E-state index is 10.9. The number of fused-ring (bicyclic) bond motifs is 1. The summed E-state index contributed by atoms with van der Waals surface area (Å²) in [7, 11) is 0. The Morgan fingerprint density at radius 1 is 1.50 bits per heavy atom. The first-order chi connectivity index (χ1) is 5.29. The van der Waals surface area contributed by atoms with Crippen LogP contribution in [0.3, 0.4) is 0 Å². The molecule has 1 unspecified atom stereocenters. The molecule has 1 atom stereocenters. The number of amides is 1. The third-order valence-corrected chi connectivity index (χ3v) is 1.51. The lowest BCUT2D eigenvalue weighted by Crippen LogP contribution is -2.03. The summed E-state index contributed by atoms with van der Waals surface area (Å²) < 4.78 is 7.41. The number of para-hydroxylation sites is 1. The fraction of sp³-hybridized carbons (Fsp3) is 0.125. The van der Waals surface area contributed by atoms with Crippen molar-refractivity contribution in [2.45, 2.75) is 6.40 Å². The van der Waals surface area contributed by atoms with Crippen LogP contribution in [0.2, 0.25) is 0 Å². The molecule has 10 heavy (non-hydrogen) atoms. The van der Waals surface area contributed by atoms with E-state index in [4.69, 9.17) is 1.37 Å². The zero-order valence-electron chi connectivity index (χ0n) is 6.29. The average Bonchev–Trinajstić information content (AvgIpc) is 2.30. The van der Waals surface area contributed by atoms with Crippen molar-refractivity contribution in [3.63, 3.8) is 0 Å². The normalized spacial score (nSPS) is 23.4. The van der Waals surface area contributed by atoms with Crippen LogP contribution in [-0.4, -0.2) is 5.91 Å². The summed E-state index contributed by atoms with van der Waals surface area (Å²) in [5.74, 6) is -0.230. The van der Waals surface area contributed by atoms with Gasteiger partial charge < -0.3 is 5.32 Å². The molecule has 0 saturated carbocycles. The van der Waals surface area contributed by atoms with Gasteiger partial charge in [0.2, 0.25) is 5.91 Å². The number of carbonyl (C=O) groups is 1. The number of carbonyl (C=O) groups excluding carboxylic acids is 1. The lowest BCUT2D eigenvalue weighted by Gasteiger charge is -1.93. The predicted octanol–water partition coefficient (Wildman–Crippen LogP) is 1.18. The van der Waals surface area contributed by atoms with Gasteiger partial charge in [0.15, 0.2) is 0 Å². The van der Waals surface area contributed by atoms with Crippen LogP contribution in [0.15, 0.2) is 24.3 Å². The number of hydrogen-bond acceptors (Lipinski definition) is 1. The summed E-state index contributed by atoms with van der Waals surface area (Å²) in [5, 5.41) is 2.62. The fourth-order valence-electron chi connectivity index (χ4n) is 1.05. The monoisotopic (exact) mass is 134 g/mol. The van der Waals surface area contributed by atoms with Crippen molar-refractivity contribution >= 4 is 11.6 Å². The predicted molar refractivity (Wildman–Crippen MR) is 38.8 cm³/mol. The molecule has 1 N–H and O–H groups in total. The highest BCUT2D eigenvalue weighted by Crippen LogP contribution is 2.20. The van der Waals surface area contributed by atoms with Gasteiger partial charge in [-0.15, -0.1) is 0 Å². The third-order valence-electron chi connectivity index (χ3n) is 1.51. The van der Waals surface area contributed by atoms with Crippen molar-refractivity contribution < 1.29 is 6.17 Å². The minimum Gasteiger partial charge on any atom is -0.326 e. The van der Waals surface area contributed by atoms with Gasteiger partial charge in [-0.25, -0.2) is 0 Å². The van der Waals surface area contributed by atoms with Gasteiger partial charge in [0.25, 0.3) is 0 Å². The minimum atomic E-state index is -0.730. The van der Waals surface area contributed by atoms with Gasteiger partial charge in [-0.1, -0.05) is 18.2 Å². The van der Waals surface area contributed by atoms with Crippen LogP contribution < -0.4 is 5.32 Å². The molecule has 2 heteroatoms. The molecule has 0 bridgehead atoms. The quantitative estimate of drug-likeness (QED) is 0.567. The molecular weight excluding hydrogens is 126 g/mol. The van der Waals surface area contributed by atoms with Gasteiger partial charge >= 0.3 is 0 Å². The molecule has 1 aromatic carbocycles. The van der Waals surface area contributed by atoms with E-state index in [2.05, 4.69) is 5.32 Å². The van der Waals surface area contributed by atoms with Crippen molar-refractivity contribution in [3.8, 4) is 0 Å². The van der Waals surface area contributed by atoms with E-state index >= 15 is 0 Å². The van der Waals surface area contributed by atoms with Gasteiger partial charge in [0.1, 0.15) is 0 Å². The van der Waals surface area contributed by atoms with E-state index in [0.29, 0.717) is 0 Å². The summed E-state index contributed by atoms with van der Waals surface area (Å²) in [4.78, 5) is 10.9. The lowest BCUT2D eigenvalue weighted by molar-refractivity contribution is -0.115. The van der Waals surface area contributed by atoms with Crippen molar-refractivity contribution in [3.05, 3.63) is 29.8 Å². The summed E-state index contributed by atoms with van der Waals surface area (Å²) in [6.45, 7) is 0. The zero-order valence-corrected chi connectivity index (χ0v) is 5.29. The smallest absolute Gasteiger partial charge is 0.228 e. The Morgan fingerprint density at radius 2 is 2.30 bits per heavy atom. The molecule has 2 nitrogen and oxygen atoms in total. The van der Waals surface area contributed by atoms with E-state index in [9.17, 15) is 4.79 Å². The number of benzene rings is 1. The van der Waals surface area contributed by atoms with E-state index in [1.165, 1.54) is 0 Å².